The van der Waals surface area contributed by atoms with Gasteiger partial charge < -0.3 is 9.88 Å². The highest BCUT2D eigenvalue weighted by Crippen LogP contribution is 2.25. The van der Waals surface area contributed by atoms with Crippen LogP contribution in [0, 0.1) is 0 Å². The smallest absolute Gasteiger partial charge is 0.0945 e. The molecule has 0 amide bonds. The number of hydrogen-bond acceptors (Lipinski definition) is 2. The van der Waals surface area contributed by atoms with E-state index in [0.717, 1.165) is 25.2 Å². The topological polar surface area (TPSA) is 29.9 Å². The van der Waals surface area contributed by atoms with Crippen LogP contribution in [-0.4, -0.2) is 16.1 Å². The quantitative estimate of drug-likeness (QED) is 0.840. The average molecular weight is 270 g/mol. The molecule has 1 heterocycles. The van der Waals surface area contributed by atoms with Crippen LogP contribution in [0.15, 0.2) is 36.9 Å². The standard InChI is InChI=1S/C12H13Cl2N3/c13-10-2-3-12(11(14)8-10)16-4-1-6-17-7-5-15-9-17/h2-3,5,7-9,16H,1,4,6H2. The number of imidazole rings is 1. The van der Waals surface area contributed by atoms with Gasteiger partial charge in [0.1, 0.15) is 0 Å². The van der Waals surface area contributed by atoms with E-state index in [0.29, 0.717) is 10.0 Å². The van der Waals surface area contributed by atoms with Crippen LogP contribution in [0.5, 0.6) is 0 Å². The Morgan fingerprint density at radius 2 is 2.18 bits per heavy atom. The minimum atomic E-state index is 0.652. The number of nitrogens with zero attached hydrogens (tertiary/aromatic N) is 2. The minimum absolute atomic E-state index is 0.652. The van der Waals surface area contributed by atoms with Crippen molar-refractivity contribution in [3.63, 3.8) is 0 Å². The Bertz CT molecular complexity index is 469. The number of rotatable bonds is 5. The zero-order valence-electron chi connectivity index (χ0n) is 9.24. The molecule has 0 spiro atoms. The Hall–Kier alpha value is -1.19. The summed E-state index contributed by atoms with van der Waals surface area (Å²) in [6, 6.07) is 5.45. The molecule has 0 aliphatic heterocycles. The van der Waals surface area contributed by atoms with Crippen LogP contribution in [0.25, 0.3) is 0 Å². The van der Waals surface area contributed by atoms with Crippen LogP contribution in [0.4, 0.5) is 5.69 Å². The lowest BCUT2D eigenvalue weighted by molar-refractivity contribution is 0.661. The van der Waals surface area contributed by atoms with Crippen molar-refractivity contribution >= 4 is 28.9 Å². The largest absolute Gasteiger partial charge is 0.384 e. The number of hydrogen-bond donors (Lipinski definition) is 1. The van der Waals surface area contributed by atoms with Crippen molar-refractivity contribution in [2.75, 3.05) is 11.9 Å². The monoisotopic (exact) mass is 269 g/mol. The molecule has 1 N–H and O–H groups in total. The molecule has 5 heteroatoms. The molecule has 1 aromatic carbocycles. The number of nitrogens with one attached hydrogen (secondary N) is 1. The van der Waals surface area contributed by atoms with Gasteiger partial charge in [-0.2, -0.15) is 0 Å². The van der Waals surface area contributed by atoms with Crippen LogP contribution < -0.4 is 5.32 Å². The molecule has 0 bridgehead atoms. The predicted octanol–water partition coefficient (Wildman–Crippen LogP) is 3.69. The van der Waals surface area contributed by atoms with Gasteiger partial charge in [0, 0.05) is 30.5 Å². The van der Waals surface area contributed by atoms with Gasteiger partial charge in [-0.1, -0.05) is 23.2 Å². The number of aromatic nitrogens is 2. The number of aryl methyl sites for hydroxylation is 1. The zero-order valence-corrected chi connectivity index (χ0v) is 10.7. The molecule has 17 heavy (non-hydrogen) atoms. The molecule has 0 fully saturated rings. The summed E-state index contributed by atoms with van der Waals surface area (Å²) in [6.45, 7) is 1.80. The van der Waals surface area contributed by atoms with Crippen LogP contribution >= 0.6 is 23.2 Å². The van der Waals surface area contributed by atoms with Crippen molar-refractivity contribution in [2.24, 2.45) is 0 Å². The molecule has 0 unspecified atom stereocenters. The van der Waals surface area contributed by atoms with Crippen molar-refractivity contribution in [3.8, 4) is 0 Å². The first-order chi connectivity index (χ1) is 8.25. The van der Waals surface area contributed by atoms with Crippen molar-refractivity contribution in [2.45, 2.75) is 13.0 Å². The van der Waals surface area contributed by atoms with Crippen molar-refractivity contribution in [3.05, 3.63) is 47.0 Å². The number of benzene rings is 1. The van der Waals surface area contributed by atoms with Gasteiger partial charge >= 0.3 is 0 Å². The molecule has 0 saturated carbocycles. The van der Waals surface area contributed by atoms with Crippen LogP contribution in [0.1, 0.15) is 6.42 Å². The van der Waals surface area contributed by atoms with Crippen LogP contribution in [-0.2, 0) is 6.54 Å². The summed E-state index contributed by atoms with van der Waals surface area (Å²) < 4.78 is 2.05. The third-order valence-electron chi connectivity index (χ3n) is 2.40. The third kappa shape index (κ3) is 3.65. The van der Waals surface area contributed by atoms with E-state index in [9.17, 15) is 0 Å². The molecule has 2 rings (SSSR count). The first kappa shape index (κ1) is 12.3. The SMILES string of the molecule is Clc1ccc(NCCCn2ccnc2)c(Cl)c1. The minimum Gasteiger partial charge on any atom is -0.384 e. The molecule has 2 aromatic rings. The average Bonchev–Trinajstić information content (AvgIpc) is 2.79. The van der Waals surface area contributed by atoms with Gasteiger partial charge in [-0.25, -0.2) is 4.98 Å². The van der Waals surface area contributed by atoms with Crippen molar-refractivity contribution in [1.29, 1.82) is 0 Å². The molecule has 0 radical (unpaired) electrons. The second kappa shape index (κ2) is 5.94. The summed E-state index contributed by atoms with van der Waals surface area (Å²) in [5, 5.41) is 4.58. The molecule has 90 valence electrons. The van der Waals surface area contributed by atoms with E-state index in [1.165, 1.54) is 0 Å². The van der Waals surface area contributed by atoms with Gasteiger partial charge in [-0.3, -0.25) is 0 Å². The summed E-state index contributed by atoms with van der Waals surface area (Å²) >= 11 is 11.9. The fourth-order valence-corrected chi connectivity index (χ4v) is 2.01. The van der Waals surface area contributed by atoms with Gasteiger partial charge in [0.15, 0.2) is 0 Å². The summed E-state index contributed by atoms with van der Waals surface area (Å²) in [7, 11) is 0. The predicted molar refractivity (Wildman–Crippen MR) is 71.8 cm³/mol. The van der Waals surface area contributed by atoms with Gasteiger partial charge in [-0.05, 0) is 24.6 Å². The molecule has 3 nitrogen and oxygen atoms in total. The Morgan fingerprint density at radius 1 is 1.29 bits per heavy atom. The molecule has 0 aliphatic carbocycles. The molecular weight excluding hydrogens is 257 g/mol. The van der Waals surface area contributed by atoms with E-state index in [1.807, 2.05) is 29.2 Å². The lowest BCUT2D eigenvalue weighted by Crippen LogP contribution is -2.05. The third-order valence-corrected chi connectivity index (χ3v) is 2.95. The van der Waals surface area contributed by atoms with E-state index in [1.54, 1.807) is 12.3 Å². The number of anilines is 1. The highest BCUT2D eigenvalue weighted by molar-refractivity contribution is 6.36. The first-order valence-corrected chi connectivity index (χ1v) is 6.16. The van der Waals surface area contributed by atoms with Gasteiger partial charge in [0.05, 0.1) is 17.0 Å². The Kier molecular flexibility index (Phi) is 4.29. The van der Waals surface area contributed by atoms with Crippen molar-refractivity contribution < 1.29 is 0 Å². The van der Waals surface area contributed by atoms with Gasteiger partial charge in [0.2, 0.25) is 0 Å². The highest BCUT2D eigenvalue weighted by Gasteiger charge is 1.99. The lowest BCUT2D eigenvalue weighted by atomic mass is 10.3. The maximum Gasteiger partial charge on any atom is 0.0945 e. The van der Waals surface area contributed by atoms with Gasteiger partial charge in [-0.15, -0.1) is 0 Å². The Balaban J connectivity index is 1.78. The molecule has 1 aromatic heterocycles. The first-order valence-electron chi connectivity index (χ1n) is 5.40. The molecular formula is C12H13Cl2N3. The highest BCUT2D eigenvalue weighted by atomic mass is 35.5. The zero-order chi connectivity index (χ0) is 12.1. The summed E-state index contributed by atoms with van der Waals surface area (Å²) in [5.41, 5.74) is 0.918. The fourth-order valence-electron chi connectivity index (χ4n) is 1.54. The Labute approximate surface area is 110 Å². The van der Waals surface area contributed by atoms with E-state index >= 15 is 0 Å². The maximum atomic E-state index is 6.05. The van der Waals surface area contributed by atoms with Gasteiger partial charge in [0.25, 0.3) is 0 Å². The van der Waals surface area contributed by atoms with E-state index < -0.39 is 0 Å². The molecule has 0 saturated heterocycles. The second-order valence-corrected chi connectivity index (χ2v) is 4.55. The lowest BCUT2D eigenvalue weighted by Gasteiger charge is -2.08. The van der Waals surface area contributed by atoms with E-state index in [4.69, 9.17) is 23.2 Å². The summed E-state index contributed by atoms with van der Waals surface area (Å²) in [4.78, 5) is 3.99. The van der Waals surface area contributed by atoms with Crippen molar-refractivity contribution in [1.82, 2.24) is 9.55 Å². The summed E-state index contributed by atoms with van der Waals surface area (Å²) in [6.07, 6.45) is 6.56. The molecule has 0 aliphatic rings. The van der Waals surface area contributed by atoms with E-state index in [-0.39, 0.29) is 0 Å². The molecule has 0 atom stereocenters. The summed E-state index contributed by atoms with van der Waals surface area (Å²) in [5.74, 6) is 0. The normalized spacial score (nSPS) is 10.5. The second-order valence-electron chi connectivity index (χ2n) is 3.71. The van der Waals surface area contributed by atoms with E-state index in [2.05, 4.69) is 10.3 Å². The maximum absolute atomic E-state index is 6.05. The van der Waals surface area contributed by atoms with Crippen LogP contribution in [0.3, 0.4) is 0 Å². The van der Waals surface area contributed by atoms with Crippen LogP contribution in [0.2, 0.25) is 10.0 Å². The fraction of sp³-hybridized carbons (Fsp3) is 0.250. The number of halogens is 2. The Morgan fingerprint density at radius 3 is 2.88 bits per heavy atom.